The van der Waals surface area contributed by atoms with E-state index in [1.165, 1.54) is 4.68 Å². The molecule has 1 aromatic carbocycles. The van der Waals surface area contributed by atoms with E-state index in [9.17, 15) is 13.2 Å². The SMILES string of the molecule is COc1cc2c3cnn(CN4CCN([C@H]5CCS(=O)(=O)C5)CC4)c(=O)c3n(C)c2cc1OC. The fourth-order valence-electron chi connectivity index (χ4n) is 5.11. The molecule has 2 aliphatic heterocycles. The van der Waals surface area contributed by atoms with Gasteiger partial charge >= 0.3 is 0 Å². The molecule has 11 heteroatoms. The molecule has 0 aliphatic carbocycles. The Morgan fingerprint density at radius 2 is 1.76 bits per heavy atom. The van der Waals surface area contributed by atoms with Crippen molar-refractivity contribution in [3.05, 3.63) is 28.7 Å². The first-order valence-corrected chi connectivity index (χ1v) is 12.9. The molecule has 0 radical (unpaired) electrons. The smallest absolute Gasteiger partial charge is 0.292 e. The zero-order chi connectivity index (χ0) is 23.3. The molecule has 0 bridgehead atoms. The first-order chi connectivity index (χ1) is 15.8. The fourth-order valence-corrected chi connectivity index (χ4v) is 6.87. The van der Waals surface area contributed by atoms with E-state index in [1.807, 2.05) is 23.7 Å². The van der Waals surface area contributed by atoms with Gasteiger partial charge in [0.25, 0.3) is 5.56 Å². The van der Waals surface area contributed by atoms with E-state index in [2.05, 4.69) is 14.9 Å². The van der Waals surface area contributed by atoms with Gasteiger partial charge in [0.05, 0.1) is 44.1 Å². The topological polar surface area (TPSA) is 98.9 Å². The van der Waals surface area contributed by atoms with E-state index in [-0.39, 0.29) is 17.4 Å². The number of ether oxygens (including phenoxy) is 2. The monoisotopic (exact) mass is 475 g/mol. The molecule has 1 atom stereocenters. The number of nitrogens with zero attached hydrogens (tertiary/aromatic N) is 5. The third-order valence-corrected chi connectivity index (χ3v) is 8.72. The van der Waals surface area contributed by atoms with Gasteiger partial charge in [-0.05, 0) is 12.5 Å². The number of piperazine rings is 1. The van der Waals surface area contributed by atoms with Crippen molar-refractivity contribution in [1.82, 2.24) is 24.1 Å². The molecule has 0 unspecified atom stereocenters. The largest absolute Gasteiger partial charge is 0.493 e. The van der Waals surface area contributed by atoms with E-state index in [0.29, 0.717) is 29.4 Å². The number of fused-ring (bicyclic) bond motifs is 3. The molecule has 0 amide bonds. The molecular weight excluding hydrogens is 446 g/mol. The average Bonchev–Trinajstić information content (AvgIpc) is 3.31. The Morgan fingerprint density at radius 1 is 1.06 bits per heavy atom. The van der Waals surface area contributed by atoms with E-state index in [0.717, 1.165) is 48.9 Å². The molecule has 4 heterocycles. The maximum absolute atomic E-state index is 13.4. The fraction of sp³-hybridized carbons (Fsp3) is 0.545. The number of hydrogen-bond donors (Lipinski definition) is 0. The lowest BCUT2D eigenvalue weighted by Crippen LogP contribution is -2.51. The molecule has 5 rings (SSSR count). The lowest BCUT2D eigenvalue weighted by atomic mass is 10.2. The Labute approximate surface area is 192 Å². The molecule has 0 spiro atoms. The summed E-state index contributed by atoms with van der Waals surface area (Å²) in [5, 5.41) is 6.13. The predicted molar refractivity (Wildman–Crippen MR) is 126 cm³/mol. The molecular formula is C22H29N5O5S. The van der Waals surface area contributed by atoms with Crippen molar-refractivity contribution in [2.45, 2.75) is 19.1 Å². The van der Waals surface area contributed by atoms with Gasteiger partial charge in [0.15, 0.2) is 21.3 Å². The second-order valence-electron chi connectivity index (χ2n) is 8.85. The molecule has 2 saturated heterocycles. The highest BCUT2D eigenvalue weighted by atomic mass is 32.2. The van der Waals surface area contributed by atoms with Crippen molar-refractivity contribution >= 4 is 31.6 Å². The van der Waals surface area contributed by atoms with Crippen LogP contribution in [0.15, 0.2) is 23.1 Å². The first kappa shape index (κ1) is 22.2. The maximum Gasteiger partial charge on any atom is 0.292 e. The molecule has 2 aliphatic rings. The Balaban J connectivity index is 1.39. The van der Waals surface area contributed by atoms with Crippen LogP contribution in [0.1, 0.15) is 6.42 Å². The number of benzene rings is 1. The highest BCUT2D eigenvalue weighted by Crippen LogP contribution is 2.36. The van der Waals surface area contributed by atoms with Crippen molar-refractivity contribution in [2.24, 2.45) is 7.05 Å². The number of hydrogen-bond acceptors (Lipinski definition) is 8. The summed E-state index contributed by atoms with van der Waals surface area (Å²) in [4.78, 5) is 17.8. The van der Waals surface area contributed by atoms with E-state index >= 15 is 0 Å². The van der Waals surface area contributed by atoms with Crippen molar-refractivity contribution in [3.8, 4) is 11.5 Å². The van der Waals surface area contributed by atoms with Gasteiger partial charge in [-0.25, -0.2) is 13.1 Å². The second-order valence-corrected chi connectivity index (χ2v) is 11.1. The van der Waals surface area contributed by atoms with Gasteiger partial charge in [0.1, 0.15) is 5.52 Å². The molecule has 10 nitrogen and oxygen atoms in total. The normalized spacial score (nSPS) is 21.7. The summed E-state index contributed by atoms with van der Waals surface area (Å²) in [6.07, 6.45) is 2.46. The van der Waals surface area contributed by atoms with E-state index < -0.39 is 9.84 Å². The van der Waals surface area contributed by atoms with Crippen LogP contribution in [-0.2, 0) is 23.6 Å². The van der Waals surface area contributed by atoms with Gasteiger partial charge in [-0.3, -0.25) is 14.6 Å². The second kappa shape index (κ2) is 8.30. The number of aryl methyl sites for hydroxylation is 1. The van der Waals surface area contributed by atoms with Crippen molar-refractivity contribution in [3.63, 3.8) is 0 Å². The minimum atomic E-state index is -2.89. The average molecular weight is 476 g/mol. The van der Waals surface area contributed by atoms with Gasteiger partial charge in [0.2, 0.25) is 0 Å². The zero-order valence-electron chi connectivity index (χ0n) is 19.2. The molecule has 0 saturated carbocycles. The van der Waals surface area contributed by atoms with Crippen LogP contribution in [0.2, 0.25) is 0 Å². The van der Waals surface area contributed by atoms with Crippen LogP contribution in [0.3, 0.4) is 0 Å². The van der Waals surface area contributed by atoms with Crippen LogP contribution in [0, 0.1) is 0 Å². The molecule has 2 aromatic heterocycles. The highest BCUT2D eigenvalue weighted by molar-refractivity contribution is 7.91. The van der Waals surface area contributed by atoms with Crippen LogP contribution >= 0.6 is 0 Å². The van der Waals surface area contributed by atoms with Crippen LogP contribution in [0.5, 0.6) is 11.5 Å². The lowest BCUT2D eigenvalue weighted by Gasteiger charge is -2.37. The van der Waals surface area contributed by atoms with Gasteiger partial charge in [-0.15, -0.1) is 0 Å². The molecule has 0 N–H and O–H groups in total. The Morgan fingerprint density at radius 3 is 2.39 bits per heavy atom. The zero-order valence-corrected chi connectivity index (χ0v) is 20.0. The number of methoxy groups -OCH3 is 2. The van der Waals surface area contributed by atoms with Gasteiger partial charge in [0, 0.05) is 56.1 Å². The summed E-state index contributed by atoms with van der Waals surface area (Å²) in [5.74, 6) is 1.77. The van der Waals surface area contributed by atoms with Gasteiger partial charge < -0.3 is 14.0 Å². The summed E-state index contributed by atoms with van der Waals surface area (Å²) in [6, 6.07) is 3.88. The Kier molecular flexibility index (Phi) is 5.58. The third kappa shape index (κ3) is 3.87. The molecule has 178 valence electrons. The quantitative estimate of drug-likeness (QED) is 0.531. The van der Waals surface area contributed by atoms with E-state index in [1.54, 1.807) is 20.4 Å². The number of sulfone groups is 1. The maximum atomic E-state index is 13.4. The highest BCUT2D eigenvalue weighted by Gasteiger charge is 2.33. The van der Waals surface area contributed by atoms with Crippen molar-refractivity contribution in [1.29, 1.82) is 0 Å². The Hall–Kier alpha value is -2.63. The minimum absolute atomic E-state index is 0.124. The third-order valence-electron chi connectivity index (χ3n) is 6.97. The number of aromatic nitrogens is 3. The predicted octanol–water partition coefficient (Wildman–Crippen LogP) is 0.668. The summed E-state index contributed by atoms with van der Waals surface area (Å²) in [6.45, 7) is 3.54. The van der Waals surface area contributed by atoms with Crippen LogP contribution in [0.4, 0.5) is 0 Å². The van der Waals surface area contributed by atoms with Gasteiger partial charge in [-0.1, -0.05) is 0 Å². The molecule has 3 aromatic rings. The van der Waals surface area contributed by atoms with Crippen LogP contribution in [0.25, 0.3) is 21.8 Å². The van der Waals surface area contributed by atoms with Gasteiger partial charge in [-0.2, -0.15) is 5.10 Å². The summed E-state index contributed by atoms with van der Waals surface area (Å²) in [5.41, 5.74) is 1.32. The summed E-state index contributed by atoms with van der Waals surface area (Å²) >= 11 is 0. The van der Waals surface area contributed by atoms with Crippen molar-refractivity contribution < 1.29 is 17.9 Å². The van der Waals surface area contributed by atoms with E-state index in [4.69, 9.17) is 9.47 Å². The van der Waals surface area contributed by atoms with Crippen LogP contribution in [-0.4, -0.2) is 90.5 Å². The Bertz CT molecular complexity index is 1370. The standard InChI is InChI=1S/C22H29N5O5S/c1-24-18-11-20(32-3)19(31-2)10-16(18)17-12-23-27(22(28)21(17)24)14-25-5-7-26(8-6-25)15-4-9-33(29,30)13-15/h10-12,15H,4-9,13-14H2,1-3H3/t15-/m0/s1. The number of rotatable bonds is 5. The first-order valence-electron chi connectivity index (χ1n) is 11.1. The molecule has 2 fully saturated rings. The lowest BCUT2D eigenvalue weighted by molar-refractivity contribution is 0.0801. The van der Waals surface area contributed by atoms with Crippen molar-refractivity contribution in [2.75, 3.05) is 51.9 Å². The summed E-state index contributed by atoms with van der Waals surface area (Å²) in [7, 11) is 2.16. The molecule has 33 heavy (non-hydrogen) atoms. The van der Waals surface area contributed by atoms with Crippen LogP contribution < -0.4 is 15.0 Å². The minimum Gasteiger partial charge on any atom is -0.493 e. The summed E-state index contributed by atoms with van der Waals surface area (Å²) < 4.78 is 37.8.